The number of H-pyrrole nitrogens is 1. The number of guanidine groups is 1. The Labute approximate surface area is 217 Å². The van der Waals surface area contributed by atoms with Gasteiger partial charge in [-0.15, -0.1) is 0 Å². The van der Waals surface area contributed by atoms with Crippen LogP contribution in [0.4, 0.5) is 0 Å². The van der Waals surface area contributed by atoms with Crippen LogP contribution >= 0.6 is 12.6 Å². The molecule has 0 spiro atoms. The van der Waals surface area contributed by atoms with Crippen molar-refractivity contribution in [1.82, 2.24) is 15.3 Å². The number of carboxylic acid groups (broad SMARTS) is 4. The smallest absolute Gasteiger partial charge is 0.322 e. The van der Waals surface area contributed by atoms with Crippen molar-refractivity contribution in [2.45, 2.75) is 43.4 Å². The number of aliphatic carboxylic acids is 4. The zero-order valence-electron chi connectivity index (χ0n) is 19.9. The lowest BCUT2D eigenvalue weighted by atomic mass is 10.2. The molecule has 0 amide bonds. The summed E-state index contributed by atoms with van der Waals surface area (Å²) >= 11 is 3.65. The molecule has 0 radical (unpaired) electrons. The highest BCUT2D eigenvalue weighted by Gasteiger charge is 2.12. The van der Waals surface area contributed by atoms with Crippen molar-refractivity contribution < 1.29 is 44.7 Å². The average Bonchev–Trinajstić information content (AvgIpc) is 3.34. The first kappa shape index (κ1) is 38.0. The van der Waals surface area contributed by atoms with Crippen LogP contribution in [0.3, 0.4) is 0 Å². The molecule has 0 aromatic carbocycles. The van der Waals surface area contributed by atoms with Crippen LogP contribution in [-0.4, -0.2) is 108 Å². The van der Waals surface area contributed by atoms with Crippen molar-refractivity contribution in [3.8, 4) is 0 Å². The van der Waals surface area contributed by atoms with Gasteiger partial charge in [-0.05, 0) is 12.8 Å². The van der Waals surface area contributed by atoms with Crippen molar-refractivity contribution in [1.29, 1.82) is 5.41 Å². The molecule has 18 N–H and O–H groups in total. The molecular weight excluding hydrogens is 518 g/mol. The van der Waals surface area contributed by atoms with Crippen LogP contribution in [0, 0.1) is 5.41 Å². The summed E-state index contributed by atoms with van der Waals surface area (Å²) < 4.78 is 0. The second kappa shape index (κ2) is 22.9. The number of hydrogen-bond donors (Lipinski definition) is 14. The summed E-state index contributed by atoms with van der Waals surface area (Å²) in [6.45, 7) is -0.0222. The lowest BCUT2D eigenvalue weighted by molar-refractivity contribution is -0.140. The van der Waals surface area contributed by atoms with Gasteiger partial charge < -0.3 is 64.5 Å². The van der Waals surface area contributed by atoms with Crippen molar-refractivity contribution in [2.75, 3.05) is 18.9 Å². The Morgan fingerprint density at radius 3 is 1.70 bits per heavy atom. The summed E-state index contributed by atoms with van der Waals surface area (Å²) in [5.74, 6) is -4.11. The van der Waals surface area contributed by atoms with Gasteiger partial charge in [0, 0.05) is 24.9 Å². The van der Waals surface area contributed by atoms with Crippen LogP contribution in [-0.2, 0) is 25.6 Å². The molecule has 4 atom stereocenters. The highest BCUT2D eigenvalue weighted by Crippen LogP contribution is 1.95. The standard InChI is InChI=1S/C6H14N4O2.C6H9N3O2.C3H7NO3.C3H7NO2S/c7-4(5(11)12)2-1-3-10-6(8)9;7-5(6(10)11)1-4-2-8-3-9-4;4-2(1-5)3(6)7;4-2(1-7)3(5)6/h4H,1-3,7H2,(H,11,12)(H4,8,9,10);2-3,5H,1,7H2,(H,8,9)(H,10,11);2,5H,1,4H2,(H,6,7);2,7H,1,4H2,(H,5,6). The average molecular weight is 556 g/mol. The fraction of sp³-hybridized carbons (Fsp3) is 0.556. The molecule has 214 valence electrons. The van der Waals surface area contributed by atoms with E-state index in [4.69, 9.17) is 59.6 Å². The molecule has 1 heterocycles. The molecule has 37 heavy (non-hydrogen) atoms. The maximum absolute atomic E-state index is 10.3. The van der Waals surface area contributed by atoms with Gasteiger partial charge in [0.15, 0.2) is 5.96 Å². The van der Waals surface area contributed by atoms with Crippen molar-refractivity contribution >= 4 is 42.5 Å². The SMILES string of the molecule is N=C(N)NCCCC(N)C(=O)O.NC(CO)C(=O)O.NC(CS)C(=O)O.NC(Cc1c[nH]cn1)C(=O)O. The number of carbonyl (C=O) groups is 4. The first-order chi connectivity index (χ1) is 17.1. The van der Waals surface area contributed by atoms with Gasteiger partial charge in [-0.3, -0.25) is 24.6 Å². The van der Waals surface area contributed by atoms with Crippen molar-refractivity contribution in [2.24, 2.45) is 28.7 Å². The molecule has 0 aliphatic carbocycles. The van der Waals surface area contributed by atoms with E-state index in [1.165, 1.54) is 6.33 Å². The Morgan fingerprint density at radius 2 is 1.43 bits per heavy atom. The summed E-state index contributed by atoms with van der Waals surface area (Å²) in [4.78, 5) is 46.4. The van der Waals surface area contributed by atoms with Gasteiger partial charge >= 0.3 is 23.9 Å². The number of hydrogen-bond acceptors (Lipinski definition) is 12. The van der Waals surface area contributed by atoms with Crippen LogP contribution in [0.25, 0.3) is 0 Å². The van der Waals surface area contributed by atoms with Gasteiger partial charge in [-0.2, -0.15) is 12.6 Å². The monoisotopic (exact) mass is 555 g/mol. The van der Waals surface area contributed by atoms with Crippen LogP contribution in [0.15, 0.2) is 12.5 Å². The fourth-order valence-electron chi connectivity index (χ4n) is 1.54. The second-order valence-corrected chi connectivity index (χ2v) is 7.26. The minimum Gasteiger partial charge on any atom is -0.480 e. The van der Waals surface area contributed by atoms with E-state index in [1.54, 1.807) is 6.20 Å². The Balaban J connectivity index is -0.000000429. The van der Waals surface area contributed by atoms with Crippen LogP contribution in [0.1, 0.15) is 18.5 Å². The number of rotatable bonds is 12. The molecule has 0 aliphatic heterocycles. The fourth-order valence-corrected chi connectivity index (χ4v) is 1.70. The maximum Gasteiger partial charge on any atom is 0.322 e. The molecule has 0 fully saturated rings. The first-order valence-corrected chi connectivity index (χ1v) is 10.9. The molecule has 1 aromatic heterocycles. The number of carboxylic acids is 4. The predicted octanol–water partition coefficient (Wildman–Crippen LogP) is -4.26. The molecular formula is C18H37N9O9S. The number of thiol groups is 1. The quantitative estimate of drug-likeness (QED) is 0.0502. The van der Waals surface area contributed by atoms with Gasteiger partial charge in [0.05, 0.1) is 18.6 Å². The molecule has 1 rings (SSSR count). The number of nitrogens with two attached hydrogens (primary N) is 5. The van der Waals surface area contributed by atoms with Crippen LogP contribution < -0.4 is 34.0 Å². The molecule has 0 saturated heterocycles. The number of nitrogens with zero attached hydrogens (tertiary/aromatic N) is 1. The molecule has 0 bridgehead atoms. The van der Waals surface area contributed by atoms with E-state index in [9.17, 15) is 19.2 Å². The third-order valence-electron chi connectivity index (χ3n) is 3.65. The van der Waals surface area contributed by atoms with Gasteiger partial charge in [-0.1, -0.05) is 0 Å². The molecule has 0 aliphatic rings. The van der Waals surface area contributed by atoms with Gasteiger partial charge in [0.2, 0.25) is 0 Å². The third-order valence-corrected chi connectivity index (χ3v) is 4.05. The number of aromatic amines is 1. The van der Waals surface area contributed by atoms with Crippen molar-refractivity contribution in [3.63, 3.8) is 0 Å². The molecule has 1 aromatic rings. The molecule has 4 unspecified atom stereocenters. The number of imidazole rings is 1. The summed E-state index contributed by atoms with van der Waals surface area (Å²) in [6.07, 6.45) is 4.36. The summed E-state index contributed by atoms with van der Waals surface area (Å²) in [7, 11) is 0. The Morgan fingerprint density at radius 1 is 0.946 bits per heavy atom. The van der Waals surface area contributed by atoms with E-state index >= 15 is 0 Å². The predicted molar refractivity (Wildman–Crippen MR) is 135 cm³/mol. The maximum atomic E-state index is 10.3. The van der Waals surface area contributed by atoms with E-state index < -0.39 is 54.7 Å². The minimum absolute atomic E-state index is 0.112. The Bertz CT molecular complexity index is 780. The lowest BCUT2D eigenvalue weighted by Crippen LogP contribution is -2.34. The number of aliphatic hydroxyl groups is 1. The van der Waals surface area contributed by atoms with Gasteiger partial charge in [-0.25, -0.2) is 4.98 Å². The summed E-state index contributed by atoms with van der Waals surface area (Å²) in [5.41, 5.74) is 25.8. The highest BCUT2D eigenvalue weighted by atomic mass is 32.1. The zero-order chi connectivity index (χ0) is 29.6. The van der Waals surface area contributed by atoms with Crippen molar-refractivity contribution in [3.05, 3.63) is 18.2 Å². The number of aliphatic hydroxyl groups excluding tert-OH is 1. The van der Waals surface area contributed by atoms with Gasteiger partial charge in [0.1, 0.15) is 24.2 Å². The minimum atomic E-state index is -1.18. The van der Waals surface area contributed by atoms with Gasteiger partial charge in [0.25, 0.3) is 0 Å². The van der Waals surface area contributed by atoms with E-state index in [-0.39, 0.29) is 18.1 Å². The highest BCUT2D eigenvalue weighted by molar-refractivity contribution is 7.80. The zero-order valence-corrected chi connectivity index (χ0v) is 20.8. The topological polar surface area (TPSA) is 364 Å². The number of aromatic nitrogens is 2. The first-order valence-electron chi connectivity index (χ1n) is 10.3. The van der Waals surface area contributed by atoms with E-state index in [0.717, 1.165) is 0 Å². The summed E-state index contributed by atoms with van der Waals surface area (Å²) in [5, 5.41) is 50.0. The lowest BCUT2D eigenvalue weighted by Gasteiger charge is -2.06. The van der Waals surface area contributed by atoms with E-state index in [0.29, 0.717) is 25.1 Å². The second-order valence-electron chi connectivity index (χ2n) is 6.89. The number of nitrogens with one attached hydrogen (secondary N) is 3. The largest absolute Gasteiger partial charge is 0.480 e. The third kappa shape index (κ3) is 25.4. The normalized spacial score (nSPS) is 12.8. The summed E-state index contributed by atoms with van der Waals surface area (Å²) in [6, 6.07) is -3.62. The van der Waals surface area contributed by atoms with E-state index in [2.05, 4.69) is 27.9 Å². The van der Waals surface area contributed by atoms with Crippen LogP contribution in [0.5, 0.6) is 0 Å². The van der Waals surface area contributed by atoms with E-state index in [1.807, 2.05) is 0 Å². The molecule has 18 nitrogen and oxygen atoms in total. The Hall–Kier alpha value is -3.49. The van der Waals surface area contributed by atoms with Crippen LogP contribution in [0.2, 0.25) is 0 Å². The molecule has 0 saturated carbocycles. The Kier molecular flexibility index (Phi) is 23.6. The molecule has 19 heteroatoms.